The van der Waals surface area contributed by atoms with Gasteiger partial charge in [0.25, 0.3) is 10.0 Å². The zero-order valence-electron chi connectivity index (χ0n) is 23.3. The number of aryl methyl sites for hydroxylation is 1. The molecule has 8 nitrogen and oxygen atoms in total. The number of sulfonamides is 1. The van der Waals surface area contributed by atoms with Crippen molar-refractivity contribution < 1.29 is 22.7 Å². The summed E-state index contributed by atoms with van der Waals surface area (Å²) < 4.78 is 34.8. The summed E-state index contributed by atoms with van der Waals surface area (Å²) in [5.74, 6) is -0.565. The first-order valence-corrected chi connectivity index (χ1v) is 15.0. The Labute approximate surface area is 241 Å². The van der Waals surface area contributed by atoms with Crippen molar-refractivity contribution in [2.45, 2.75) is 51.6 Å². The van der Waals surface area contributed by atoms with Crippen LogP contribution in [-0.2, 0) is 26.2 Å². The van der Waals surface area contributed by atoms with Gasteiger partial charge in [-0.3, -0.25) is 13.9 Å². The summed E-state index contributed by atoms with van der Waals surface area (Å²) in [6.45, 7) is 7.49. The summed E-state index contributed by atoms with van der Waals surface area (Å²) in [6.07, 6.45) is 0.734. The number of nitrogens with zero attached hydrogens (tertiary/aromatic N) is 2. The van der Waals surface area contributed by atoms with Crippen LogP contribution < -0.4 is 14.4 Å². The average molecular weight is 586 g/mol. The molecule has 0 saturated heterocycles. The van der Waals surface area contributed by atoms with Gasteiger partial charge in [0.15, 0.2) is 0 Å². The van der Waals surface area contributed by atoms with Crippen LogP contribution in [0.5, 0.6) is 5.75 Å². The second-order valence-corrected chi connectivity index (χ2v) is 11.6. The highest BCUT2D eigenvalue weighted by Gasteiger charge is 2.33. The highest BCUT2D eigenvalue weighted by Crippen LogP contribution is 2.33. The van der Waals surface area contributed by atoms with Crippen molar-refractivity contribution in [2.75, 3.05) is 24.0 Å². The number of benzene rings is 3. The molecule has 0 bridgehead atoms. The monoisotopic (exact) mass is 585 g/mol. The number of para-hydroxylation sites is 2. The van der Waals surface area contributed by atoms with Crippen LogP contribution in [0.2, 0.25) is 5.02 Å². The van der Waals surface area contributed by atoms with Crippen LogP contribution in [0.25, 0.3) is 0 Å². The minimum Gasteiger partial charge on any atom is -0.492 e. The van der Waals surface area contributed by atoms with E-state index in [1.165, 1.54) is 17.0 Å². The SMILES string of the molecule is CCCNC(=O)C(C)N(Cc1cccc(Cl)c1)C(=O)CN(c1ccccc1OCC)S(=O)(=O)c1ccc(C)cc1. The Bertz CT molecular complexity index is 1410. The van der Waals surface area contributed by atoms with Gasteiger partial charge in [0, 0.05) is 18.1 Å². The fourth-order valence-electron chi connectivity index (χ4n) is 4.10. The van der Waals surface area contributed by atoms with Crippen LogP contribution in [0, 0.1) is 6.92 Å². The zero-order chi connectivity index (χ0) is 29.3. The van der Waals surface area contributed by atoms with Crippen LogP contribution in [0.1, 0.15) is 38.3 Å². The Morgan fingerprint density at radius 3 is 2.35 bits per heavy atom. The molecule has 10 heteroatoms. The molecule has 0 aliphatic heterocycles. The molecule has 0 aliphatic rings. The number of hydrogen-bond acceptors (Lipinski definition) is 5. The predicted molar refractivity (Wildman–Crippen MR) is 158 cm³/mol. The Kier molecular flexibility index (Phi) is 11.0. The Morgan fingerprint density at radius 1 is 1.00 bits per heavy atom. The number of carbonyl (C=O) groups excluding carboxylic acids is 2. The standard InChI is InChI=1S/C30H36ClN3O5S/c1-5-18-32-30(36)23(4)33(20-24-10-9-11-25(31)19-24)29(35)21-34(27-12-7-8-13-28(27)39-6-2)40(37,38)26-16-14-22(3)15-17-26/h7-17,19,23H,5-6,18,20-21H2,1-4H3,(H,32,36). The van der Waals surface area contributed by atoms with Gasteiger partial charge in [0.05, 0.1) is 17.2 Å². The molecule has 0 aliphatic carbocycles. The number of carbonyl (C=O) groups is 2. The highest BCUT2D eigenvalue weighted by molar-refractivity contribution is 7.92. The summed E-state index contributed by atoms with van der Waals surface area (Å²) in [5.41, 5.74) is 1.83. The van der Waals surface area contributed by atoms with Crippen molar-refractivity contribution in [3.05, 3.63) is 88.9 Å². The van der Waals surface area contributed by atoms with Crippen molar-refractivity contribution in [1.82, 2.24) is 10.2 Å². The van der Waals surface area contributed by atoms with Crippen LogP contribution in [-0.4, -0.2) is 50.9 Å². The third-order valence-electron chi connectivity index (χ3n) is 6.28. The first-order chi connectivity index (χ1) is 19.1. The molecular weight excluding hydrogens is 550 g/mol. The maximum Gasteiger partial charge on any atom is 0.264 e. The normalized spacial score (nSPS) is 11.9. The van der Waals surface area contributed by atoms with Crippen LogP contribution in [0.3, 0.4) is 0 Å². The van der Waals surface area contributed by atoms with Gasteiger partial charge >= 0.3 is 0 Å². The molecule has 3 aromatic rings. The third kappa shape index (κ3) is 7.76. The number of hydrogen-bond donors (Lipinski definition) is 1. The Hall–Kier alpha value is -3.56. The molecular formula is C30H36ClN3O5S. The number of ether oxygens (including phenoxy) is 1. The summed E-state index contributed by atoms with van der Waals surface area (Å²) >= 11 is 6.18. The minimum absolute atomic E-state index is 0.0346. The highest BCUT2D eigenvalue weighted by atomic mass is 35.5. The molecule has 3 aromatic carbocycles. The molecule has 0 heterocycles. The first kappa shape index (κ1) is 31.0. The maximum atomic E-state index is 14.0. The molecule has 2 amide bonds. The van der Waals surface area contributed by atoms with Gasteiger partial charge in [-0.15, -0.1) is 0 Å². The number of amides is 2. The molecule has 0 fully saturated rings. The van der Waals surface area contributed by atoms with Crippen molar-refractivity contribution in [2.24, 2.45) is 0 Å². The summed E-state index contributed by atoms with van der Waals surface area (Å²) in [5, 5.41) is 3.31. The molecule has 0 spiro atoms. The van der Waals surface area contributed by atoms with Gasteiger partial charge in [-0.2, -0.15) is 0 Å². The maximum absolute atomic E-state index is 14.0. The van der Waals surface area contributed by atoms with E-state index in [1.807, 2.05) is 13.8 Å². The number of rotatable bonds is 13. The lowest BCUT2D eigenvalue weighted by molar-refractivity contribution is -0.139. The fourth-order valence-corrected chi connectivity index (χ4v) is 5.74. The van der Waals surface area contributed by atoms with Gasteiger partial charge < -0.3 is 15.0 Å². The molecule has 0 saturated carbocycles. The molecule has 40 heavy (non-hydrogen) atoms. The van der Waals surface area contributed by atoms with E-state index in [0.717, 1.165) is 16.3 Å². The van der Waals surface area contributed by atoms with Crippen LogP contribution in [0.4, 0.5) is 5.69 Å². The molecule has 1 atom stereocenters. The van der Waals surface area contributed by atoms with E-state index < -0.39 is 28.5 Å². The lowest BCUT2D eigenvalue weighted by Gasteiger charge is -2.32. The Balaban J connectivity index is 2.07. The van der Waals surface area contributed by atoms with E-state index in [4.69, 9.17) is 16.3 Å². The van der Waals surface area contributed by atoms with Crippen LogP contribution >= 0.6 is 11.6 Å². The third-order valence-corrected chi connectivity index (χ3v) is 8.29. The second kappa shape index (κ2) is 14.2. The van der Waals surface area contributed by atoms with E-state index in [0.29, 0.717) is 29.5 Å². The van der Waals surface area contributed by atoms with Gasteiger partial charge in [-0.25, -0.2) is 8.42 Å². The fraction of sp³-hybridized carbons (Fsp3) is 0.333. The number of halogens is 1. The molecule has 214 valence electrons. The van der Waals surface area contributed by atoms with E-state index in [2.05, 4.69) is 5.32 Å². The van der Waals surface area contributed by atoms with Crippen molar-refractivity contribution in [3.8, 4) is 5.75 Å². The summed E-state index contributed by atoms with van der Waals surface area (Å²) in [7, 11) is -4.20. The van der Waals surface area contributed by atoms with Crippen molar-refractivity contribution in [3.63, 3.8) is 0 Å². The molecule has 1 N–H and O–H groups in total. The predicted octanol–water partition coefficient (Wildman–Crippen LogP) is 5.19. The van der Waals surface area contributed by atoms with Gasteiger partial charge in [0.2, 0.25) is 11.8 Å². The molecule has 0 aromatic heterocycles. The van der Waals surface area contributed by atoms with E-state index in [-0.39, 0.29) is 23.0 Å². The molecule has 1 unspecified atom stereocenters. The lowest BCUT2D eigenvalue weighted by Crippen LogP contribution is -2.51. The number of anilines is 1. The summed E-state index contributed by atoms with van der Waals surface area (Å²) in [6, 6.07) is 19.2. The van der Waals surface area contributed by atoms with Crippen molar-refractivity contribution in [1.29, 1.82) is 0 Å². The lowest BCUT2D eigenvalue weighted by atomic mass is 10.1. The zero-order valence-corrected chi connectivity index (χ0v) is 24.8. The van der Waals surface area contributed by atoms with E-state index in [9.17, 15) is 18.0 Å². The summed E-state index contributed by atoms with van der Waals surface area (Å²) in [4.78, 5) is 28.4. The Morgan fingerprint density at radius 2 is 1.70 bits per heavy atom. The number of nitrogens with one attached hydrogen (secondary N) is 1. The van der Waals surface area contributed by atoms with Crippen molar-refractivity contribution >= 4 is 39.1 Å². The largest absolute Gasteiger partial charge is 0.492 e. The smallest absolute Gasteiger partial charge is 0.264 e. The topological polar surface area (TPSA) is 96.0 Å². The minimum atomic E-state index is -4.20. The van der Waals surface area contributed by atoms with Crippen LogP contribution in [0.15, 0.2) is 77.7 Å². The molecule has 3 rings (SSSR count). The van der Waals surface area contributed by atoms with E-state index >= 15 is 0 Å². The first-order valence-electron chi connectivity index (χ1n) is 13.2. The average Bonchev–Trinajstić information content (AvgIpc) is 2.93. The molecule has 0 radical (unpaired) electrons. The van der Waals surface area contributed by atoms with Gasteiger partial charge in [-0.05, 0) is 69.2 Å². The second-order valence-electron chi connectivity index (χ2n) is 9.34. The van der Waals surface area contributed by atoms with Gasteiger partial charge in [-0.1, -0.05) is 60.5 Å². The van der Waals surface area contributed by atoms with Gasteiger partial charge in [0.1, 0.15) is 18.3 Å². The van der Waals surface area contributed by atoms with E-state index in [1.54, 1.807) is 74.5 Å². The quantitative estimate of drug-likeness (QED) is 0.298.